The number of halogens is 1. The lowest BCUT2D eigenvalue weighted by atomic mass is 10.2. The molecule has 0 N–H and O–H groups in total. The molecular formula is C8H10FNO3S. The first-order valence-electron chi connectivity index (χ1n) is 3.83. The molecule has 1 rings (SSSR count). The molecule has 0 aliphatic carbocycles. The van der Waals surface area contributed by atoms with E-state index in [1.165, 1.54) is 6.20 Å². The Morgan fingerprint density at radius 1 is 1.50 bits per heavy atom. The van der Waals surface area contributed by atoms with Crippen LogP contribution in [0.5, 0.6) is 0 Å². The van der Waals surface area contributed by atoms with Gasteiger partial charge in [-0.25, -0.2) is 4.39 Å². The summed E-state index contributed by atoms with van der Waals surface area (Å²) in [4.78, 5) is 3.61. The van der Waals surface area contributed by atoms with Gasteiger partial charge in [-0.1, -0.05) is 0 Å². The molecule has 0 spiro atoms. The predicted octanol–water partition coefficient (Wildman–Crippen LogP) is 1.01. The van der Waals surface area contributed by atoms with Crippen LogP contribution >= 0.6 is 0 Å². The molecule has 0 aliphatic rings. The van der Waals surface area contributed by atoms with Gasteiger partial charge in [0.1, 0.15) is 5.82 Å². The molecule has 14 heavy (non-hydrogen) atoms. The van der Waals surface area contributed by atoms with Crippen LogP contribution in [0.1, 0.15) is 11.1 Å². The fourth-order valence-corrected chi connectivity index (χ4v) is 1.24. The molecule has 0 aliphatic heterocycles. The van der Waals surface area contributed by atoms with Gasteiger partial charge in [0.05, 0.1) is 19.1 Å². The van der Waals surface area contributed by atoms with Crippen molar-refractivity contribution in [1.82, 2.24) is 4.98 Å². The zero-order valence-electron chi connectivity index (χ0n) is 7.82. The lowest BCUT2D eigenvalue weighted by Crippen LogP contribution is -2.05. The van der Waals surface area contributed by atoms with Gasteiger partial charge in [0.15, 0.2) is 0 Å². The van der Waals surface area contributed by atoms with Crippen LogP contribution in [-0.2, 0) is 20.9 Å². The highest BCUT2D eigenvalue weighted by Crippen LogP contribution is 2.12. The van der Waals surface area contributed by atoms with E-state index in [4.69, 9.17) is 0 Å². The summed E-state index contributed by atoms with van der Waals surface area (Å²) in [6.07, 6.45) is 3.39. The van der Waals surface area contributed by atoms with Crippen molar-refractivity contribution < 1.29 is 17.0 Å². The van der Waals surface area contributed by atoms with E-state index >= 15 is 0 Å². The Morgan fingerprint density at radius 2 is 2.14 bits per heavy atom. The van der Waals surface area contributed by atoms with Crippen LogP contribution in [-0.4, -0.2) is 19.7 Å². The van der Waals surface area contributed by atoms with Crippen LogP contribution in [0.25, 0.3) is 0 Å². The third-order valence-electron chi connectivity index (χ3n) is 1.64. The normalized spacial score (nSPS) is 11.6. The zero-order chi connectivity index (χ0) is 10.8. The molecule has 0 unspecified atom stereocenters. The van der Waals surface area contributed by atoms with Gasteiger partial charge in [-0.3, -0.25) is 9.17 Å². The van der Waals surface area contributed by atoms with Gasteiger partial charge in [-0.2, -0.15) is 8.42 Å². The Balaban J connectivity index is 2.87. The number of nitrogens with zero attached hydrogens (tertiary/aromatic N) is 1. The Hall–Kier alpha value is -1.01. The second kappa shape index (κ2) is 4.02. The largest absolute Gasteiger partial charge is 0.265 e. The number of pyridine rings is 1. The Bertz CT molecular complexity index is 410. The monoisotopic (exact) mass is 219 g/mol. The molecule has 0 fully saturated rings. The maximum atomic E-state index is 13.1. The maximum absolute atomic E-state index is 13.1. The third kappa shape index (κ3) is 3.04. The molecule has 1 aromatic heterocycles. The van der Waals surface area contributed by atoms with E-state index in [-0.39, 0.29) is 12.2 Å². The number of hydrogen-bond acceptors (Lipinski definition) is 4. The lowest BCUT2D eigenvalue weighted by molar-refractivity contribution is 0.304. The molecule has 0 aromatic carbocycles. The van der Waals surface area contributed by atoms with Gasteiger partial charge in [0, 0.05) is 11.8 Å². The van der Waals surface area contributed by atoms with Gasteiger partial charge >= 0.3 is 0 Å². The van der Waals surface area contributed by atoms with Gasteiger partial charge in [0.2, 0.25) is 0 Å². The second-order valence-electron chi connectivity index (χ2n) is 2.88. The van der Waals surface area contributed by atoms with E-state index in [2.05, 4.69) is 9.17 Å². The summed E-state index contributed by atoms with van der Waals surface area (Å²) in [7, 11) is -3.54. The number of aryl methyl sites for hydroxylation is 1. The van der Waals surface area contributed by atoms with E-state index < -0.39 is 15.9 Å². The van der Waals surface area contributed by atoms with Crippen molar-refractivity contribution in [3.8, 4) is 0 Å². The van der Waals surface area contributed by atoms with Crippen LogP contribution in [0, 0.1) is 12.7 Å². The average molecular weight is 219 g/mol. The van der Waals surface area contributed by atoms with Gasteiger partial charge in [0.25, 0.3) is 10.1 Å². The van der Waals surface area contributed by atoms with Crippen molar-refractivity contribution in [1.29, 1.82) is 0 Å². The van der Waals surface area contributed by atoms with Crippen LogP contribution in [0.4, 0.5) is 4.39 Å². The molecule has 0 radical (unpaired) electrons. The van der Waals surface area contributed by atoms with Crippen molar-refractivity contribution >= 4 is 10.1 Å². The number of rotatable bonds is 3. The molecule has 0 atom stereocenters. The van der Waals surface area contributed by atoms with Gasteiger partial charge in [-0.05, 0) is 12.5 Å². The Morgan fingerprint density at radius 3 is 2.64 bits per heavy atom. The molecule has 4 nitrogen and oxygen atoms in total. The fraction of sp³-hybridized carbons (Fsp3) is 0.375. The fourth-order valence-electron chi connectivity index (χ4n) is 0.907. The van der Waals surface area contributed by atoms with Crippen molar-refractivity contribution in [3.05, 3.63) is 29.3 Å². The van der Waals surface area contributed by atoms with E-state index in [9.17, 15) is 12.8 Å². The highest BCUT2D eigenvalue weighted by Gasteiger charge is 2.09. The minimum Gasteiger partial charge on any atom is -0.265 e. The Labute approximate surface area is 81.9 Å². The van der Waals surface area contributed by atoms with E-state index in [1.807, 2.05) is 0 Å². The average Bonchev–Trinajstić information content (AvgIpc) is 2.01. The van der Waals surface area contributed by atoms with Crippen LogP contribution in [0.3, 0.4) is 0 Å². The summed E-state index contributed by atoms with van der Waals surface area (Å²) >= 11 is 0. The molecule has 0 saturated carbocycles. The SMILES string of the molecule is Cc1cncc(F)c1COS(C)(=O)=O. The quantitative estimate of drug-likeness (QED) is 0.712. The summed E-state index contributed by atoms with van der Waals surface area (Å²) < 4.78 is 38.9. The summed E-state index contributed by atoms with van der Waals surface area (Å²) in [5.74, 6) is -0.561. The van der Waals surface area contributed by atoms with Crippen LogP contribution in [0.2, 0.25) is 0 Å². The standard InChI is InChI=1S/C8H10FNO3S/c1-6-3-10-4-8(9)7(6)5-13-14(2,11)12/h3-4H,5H2,1-2H3. The first-order valence-corrected chi connectivity index (χ1v) is 5.65. The number of aromatic nitrogens is 1. The Kier molecular flexibility index (Phi) is 3.17. The highest BCUT2D eigenvalue weighted by atomic mass is 32.2. The van der Waals surface area contributed by atoms with Crippen LogP contribution in [0.15, 0.2) is 12.4 Å². The second-order valence-corrected chi connectivity index (χ2v) is 4.53. The molecule has 0 amide bonds. The number of hydrogen-bond donors (Lipinski definition) is 0. The summed E-state index contributed by atoms with van der Waals surface area (Å²) in [5, 5.41) is 0. The summed E-state index contributed by atoms with van der Waals surface area (Å²) in [5.41, 5.74) is 0.777. The predicted molar refractivity (Wildman–Crippen MR) is 48.6 cm³/mol. The third-order valence-corrected chi connectivity index (χ3v) is 2.18. The summed E-state index contributed by atoms with van der Waals surface area (Å²) in [6.45, 7) is 1.34. The highest BCUT2D eigenvalue weighted by molar-refractivity contribution is 7.85. The first kappa shape index (κ1) is 11.1. The molecule has 0 bridgehead atoms. The van der Waals surface area contributed by atoms with Crippen molar-refractivity contribution in [2.45, 2.75) is 13.5 Å². The van der Waals surface area contributed by atoms with E-state index in [0.717, 1.165) is 12.5 Å². The van der Waals surface area contributed by atoms with E-state index in [1.54, 1.807) is 6.92 Å². The van der Waals surface area contributed by atoms with Crippen molar-refractivity contribution in [2.75, 3.05) is 6.26 Å². The van der Waals surface area contributed by atoms with Crippen LogP contribution < -0.4 is 0 Å². The molecule has 6 heteroatoms. The molecular weight excluding hydrogens is 209 g/mol. The van der Waals surface area contributed by atoms with Crippen molar-refractivity contribution in [3.63, 3.8) is 0 Å². The van der Waals surface area contributed by atoms with Gasteiger partial charge in [-0.15, -0.1) is 0 Å². The van der Waals surface area contributed by atoms with Gasteiger partial charge < -0.3 is 0 Å². The molecule has 1 aromatic rings. The lowest BCUT2D eigenvalue weighted by Gasteiger charge is -2.05. The zero-order valence-corrected chi connectivity index (χ0v) is 8.64. The molecule has 0 saturated heterocycles. The van der Waals surface area contributed by atoms with Crippen molar-refractivity contribution in [2.24, 2.45) is 0 Å². The molecule has 1 heterocycles. The molecule has 78 valence electrons. The first-order chi connectivity index (χ1) is 6.40. The minimum absolute atomic E-state index is 0.213. The topological polar surface area (TPSA) is 56.3 Å². The smallest absolute Gasteiger partial charge is 0.264 e. The summed E-state index contributed by atoms with van der Waals surface area (Å²) in [6, 6.07) is 0. The minimum atomic E-state index is -3.54. The van der Waals surface area contributed by atoms with E-state index in [0.29, 0.717) is 5.56 Å². The maximum Gasteiger partial charge on any atom is 0.264 e.